The lowest BCUT2D eigenvalue weighted by molar-refractivity contribution is -0.153. The van der Waals surface area contributed by atoms with Gasteiger partial charge in [-0.3, -0.25) is 4.68 Å². The Morgan fingerprint density at radius 3 is 2.61 bits per heavy atom. The number of benzene rings is 1. The van der Waals surface area contributed by atoms with Gasteiger partial charge in [-0.2, -0.15) is 18.3 Å². The summed E-state index contributed by atoms with van der Waals surface area (Å²) in [4.78, 5) is 4.50. The fourth-order valence-corrected chi connectivity index (χ4v) is 2.66. The molecular formula is C19H26F3N5O. The maximum atomic E-state index is 12.3. The first-order valence-corrected chi connectivity index (χ1v) is 8.99. The molecule has 0 amide bonds. The first-order chi connectivity index (χ1) is 13.2. The van der Waals surface area contributed by atoms with Crippen LogP contribution in [0.1, 0.15) is 29.4 Å². The van der Waals surface area contributed by atoms with E-state index in [0.29, 0.717) is 25.6 Å². The number of nitrogens with one attached hydrogen (secondary N) is 2. The fourth-order valence-electron chi connectivity index (χ4n) is 2.66. The molecule has 28 heavy (non-hydrogen) atoms. The van der Waals surface area contributed by atoms with Gasteiger partial charge in [0.2, 0.25) is 0 Å². The number of alkyl halides is 3. The van der Waals surface area contributed by atoms with Crippen LogP contribution in [0.3, 0.4) is 0 Å². The third-order valence-electron chi connectivity index (χ3n) is 4.16. The van der Waals surface area contributed by atoms with Crippen molar-refractivity contribution in [2.24, 2.45) is 12.0 Å². The molecule has 0 spiro atoms. The number of nitrogens with zero attached hydrogens (tertiary/aromatic N) is 3. The van der Waals surface area contributed by atoms with Crippen LogP contribution in [0.15, 0.2) is 29.3 Å². The Balaban J connectivity index is 2.02. The predicted molar refractivity (Wildman–Crippen MR) is 102 cm³/mol. The van der Waals surface area contributed by atoms with Gasteiger partial charge in [0.1, 0.15) is 5.75 Å². The Bertz CT molecular complexity index is 814. The smallest absolute Gasteiger partial charge is 0.422 e. The molecule has 0 aliphatic rings. The first kappa shape index (κ1) is 21.6. The maximum Gasteiger partial charge on any atom is 0.422 e. The van der Waals surface area contributed by atoms with Crippen LogP contribution in [-0.4, -0.2) is 35.1 Å². The average Bonchev–Trinajstić information content (AvgIpc) is 2.87. The van der Waals surface area contributed by atoms with Gasteiger partial charge in [-0.25, -0.2) is 4.99 Å². The van der Waals surface area contributed by atoms with Crippen molar-refractivity contribution in [3.8, 4) is 5.75 Å². The van der Waals surface area contributed by atoms with Crippen LogP contribution in [0.4, 0.5) is 13.2 Å². The largest absolute Gasteiger partial charge is 0.484 e. The minimum Gasteiger partial charge on any atom is -0.484 e. The topological polar surface area (TPSA) is 63.5 Å². The lowest BCUT2D eigenvalue weighted by atomic mass is 10.2. The van der Waals surface area contributed by atoms with Crippen molar-refractivity contribution in [1.29, 1.82) is 0 Å². The number of aliphatic imine (C=N–C) groups is 1. The van der Waals surface area contributed by atoms with E-state index in [2.05, 4.69) is 20.7 Å². The Hall–Kier alpha value is -2.71. The third kappa shape index (κ3) is 6.47. The van der Waals surface area contributed by atoms with E-state index in [1.54, 1.807) is 18.2 Å². The minimum atomic E-state index is -4.36. The average molecular weight is 397 g/mol. The molecule has 1 aromatic carbocycles. The number of hydrogen-bond acceptors (Lipinski definition) is 3. The SMILES string of the molecule is CCNC(=NCc1cccc(OCC(F)(F)F)c1)NCc1c(C)nn(C)c1C. The lowest BCUT2D eigenvalue weighted by Crippen LogP contribution is -2.37. The fraction of sp³-hybridized carbons (Fsp3) is 0.474. The number of halogens is 3. The van der Waals surface area contributed by atoms with Crippen LogP contribution in [-0.2, 0) is 20.1 Å². The molecule has 2 rings (SSSR count). The summed E-state index contributed by atoms with van der Waals surface area (Å²) in [5.74, 6) is 0.788. The van der Waals surface area contributed by atoms with Crippen LogP contribution in [0.2, 0.25) is 0 Å². The number of aryl methyl sites for hydroxylation is 2. The summed E-state index contributed by atoms with van der Waals surface area (Å²) in [5, 5.41) is 10.8. The van der Waals surface area contributed by atoms with Gasteiger partial charge in [0.25, 0.3) is 0 Å². The highest BCUT2D eigenvalue weighted by atomic mass is 19.4. The van der Waals surface area contributed by atoms with Crippen LogP contribution in [0, 0.1) is 13.8 Å². The van der Waals surface area contributed by atoms with Crippen LogP contribution < -0.4 is 15.4 Å². The lowest BCUT2D eigenvalue weighted by Gasteiger charge is -2.12. The molecule has 0 bridgehead atoms. The van der Waals surface area contributed by atoms with Crippen molar-refractivity contribution in [3.63, 3.8) is 0 Å². The molecule has 0 unspecified atom stereocenters. The quantitative estimate of drug-likeness (QED) is 0.556. The van der Waals surface area contributed by atoms with E-state index in [-0.39, 0.29) is 5.75 Å². The van der Waals surface area contributed by atoms with Crippen molar-refractivity contribution in [3.05, 3.63) is 46.8 Å². The standard InChI is InChI=1S/C19H26F3N5O/c1-5-23-18(25-11-17-13(2)26-27(4)14(17)3)24-10-15-7-6-8-16(9-15)28-12-19(20,21)22/h6-9H,5,10-12H2,1-4H3,(H2,23,24,25). The van der Waals surface area contributed by atoms with Gasteiger partial charge in [0, 0.05) is 31.4 Å². The molecule has 0 saturated heterocycles. The highest BCUT2D eigenvalue weighted by molar-refractivity contribution is 5.79. The van der Waals surface area contributed by atoms with E-state index in [1.807, 2.05) is 32.5 Å². The van der Waals surface area contributed by atoms with Crippen molar-refractivity contribution < 1.29 is 17.9 Å². The van der Waals surface area contributed by atoms with Crippen LogP contribution in [0.5, 0.6) is 5.75 Å². The Labute approximate surface area is 162 Å². The Morgan fingerprint density at radius 2 is 2.00 bits per heavy atom. The van der Waals surface area contributed by atoms with E-state index in [9.17, 15) is 13.2 Å². The zero-order chi connectivity index (χ0) is 20.7. The second kappa shape index (κ2) is 9.48. The van der Waals surface area contributed by atoms with E-state index in [0.717, 1.165) is 22.5 Å². The molecule has 2 aromatic rings. The molecule has 154 valence electrons. The summed E-state index contributed by atoms with van der Waals surface area (Å²) < 4.78 is 43.5. The Morgan fingerprint density at radius 1 is 1.25 bits per heavy atom. The van der Waals surface area contributed by atoms with Crippen molar-refractivity contribution in [2.75, 3.05) is 13.2 Å². The van der Waals surface area contributed by atoms with Gasteiger partial charge in [-0.15, -0.1) is 0 Å². The summed E-state index contributed by atoms with van der Waals surface area (Å²) in [6.45, 7) is 6.19. The molecule has 0 aliphatic carbocycles. The van der Waals surface area contributed by atoms with E-state index < -0.39 is 12.8 Å². The highest BCUT2D eigenvalue weighted by Gasteiger charge is 2.28. The van der Waals surface area contributed by atoms with Crippen LogP contribution >= 0.6 is 0 Å². The summed E-state index contributed by atoms with van der Waals surface area (Å²) in [6.07, 6.45) is -4.36. The molecular weight excluding hydrogens is 371 g/mol. The normalized spacial score (nSPS) is 12.2. The second-order valence-electron chi connectivity index (χ2n) is 6.37. The molecule has 0 saturated carbocycles. The number of hydrogen-bond donors (Lipinski definition) is 2. The number of rotatable bonds is 7. The molecule has 0 aliphatic heterocycles. The molecule has 6 nitrogen and oxygen atoms in total. The van der Waals surface area contributed by atoms with Gasteiger partial charge < -0.3 is 15.4 Å². The maximum absolute atomic E-state index is 12.3. The van der Waals surface area contributed by atoms with Crippen molar-refractivity contribution >= 4 is 5.96 Å². The molecule has 2 N–H and O–H groups in total. The van der Waals surface area contributed by atoms with Gasteiger partial charge >= 0.3 is 6.18 Å². The number of aromatic nitrogens is 2. The van der Waals surface area contributed by atoms with Crippen LogP contribution in [0.25, 0.3) is 0 Å². The minimum absolute atomic E-state index is 0.171. The molecule has 0 atom stereocenters. The highest BCUT2D eigenvalue weighted by Crippen LogP contribution is 2.19. The summed E-state index contributed by atoms with van der Waals surface area (Å²) in [7, 11) is 1.90. The Kier molecular flexibility index (Phi) is 7.31. The molecule has 1 aromatic heterocycles. The molecule has 0 fully saturated rings. The third-order valence-corrected chi connectivity index (χ3v) is 4.16. The number of guanidine groups is 1. The van der Waals surface area contributed by atoms with Crippen molar-refractivity contribution in [2.45, 2.75) is 40.0 Å². The van der Waals surface area contributed by atoms with Gasteiger partial charge in [-0.1, -0.05) is 12.1 Å². The molecule has 9 heteroatoms. The first-order valence-electron chi connectivity index (χ1n) is 8.99. The van der Waals surface area contributed by atoms with Gasteiger partial charge in [0.15, 0.2) is 12.6 Å². The van der Waals surface area contributed by atoms with Crippen molar-refractivity contribution in [1.82, 2.24) is 20.4 Å². The van der Waals surface area contributed by atoms with E-state index >= 15 is 0 Å². The molecule has 0 radical (unpaired) electrons. The van der Waals surface area contributed by atoms with E-state index in [4.69, 9.17) is 4.74 Å². The van der Waals surface area contributed by atoms with Gasteiger partial charge in [-0.05, 0) is 38.5 Å². The monoisotopic (exact) mass is 397 g/mol. The summed E-state index contributed by atoms with van der Waals surface area (Å²) in [5.41, 5.74) is 3.90. The van der Waals surface area contributed by atoms with E-state index in [1.165, 1.54) is 6.07 Å². The zero-order valence-electron chi connectivity index (χ0n) is 16.5. The number of ether oxygens (including phenoxy) is 1. The summed E-state index contributed by atoms with van der Waals surface area (Å²) in [6, 6.07) is 6.51. The zero-order valence-corrected chi connectivity index (χ0v) is 16.5. The second-order valence-corrected chi connectivity index (χ2v) is 6.37. The van der Waals surface area contributed by atoms with Gasteiger partial charge in [0.05, 0.1) is 12.2 Å². The summed E-state index contributed by atoms with van der Waals surface area (Å²) >= 11 is 0. The predicted octanol–water partition coefficient (Wildman–Crippen LogP) is 3.23. The molecule has 1 heterocycles.